The summed E-state index contributed by atoms with van der Waals surface area (Å²) in [7, 11) is 1.42. The van der Waals surface area contributed by atoms with Gasteiger partial charge in [0.25, 0.3) is 0 Å². The van der Waals surface area contributed by atoms with E-state index in [2.05, 4.69) is 20.9 Å². The van der Waals surface area contributed by atoms with Crippen LogP contribution in [-0.4, -0.2) is 55.7 Å². The van der Waals surface area contributed by atoms with Crippen LogP contribution >= 0.6 is 15.9 Å². The molecule has 2 aromatic carbocycles. The van der Waals surface area contributed by atoms with Gasteiger partial charge in [-0.3, -0.25) is 4.99 Å². The van der Waals surface area contributed by atoms with Crippen molar-refractivity contribution in [3.63, 3.8) is 0 Å². The van der Waals surface area contributed by atoms with Crippen LogP contribution in [0.1, 0.15) is 20.7 Å². The molecule has 0 aliphatic rings. The molecule has 2 aromatic rings. The van der Waals surface area contributed by atoms with Crippen molar-refractivity contribution in [1.29, 1.82) is 0 Å². The van der Waals surface area contributed by atoms with Gasteiger partial charge in [-0.2, -0.15) is 0 Å². The Hall–Kier alpha value is -2.58. The second kappa shape index (κ2) is 12.1. The molecule has 6 nitrogen and oxygen atoms in total. The first kappa shape index (κ1) is 22.7. The Morgan fingerprint density at radius 2 is 1.59 bits per heavy atom. The molecule has 0 aromatic heterocycles. The van der Waals surface area contributed by atoms with Crippen molar-refractivity contribution in [2.45, 2.75) is 17.1 Å². The number of nitrogens with zero attached hydrogens (tertiary/aromatic N) is 1. The summed E-state index contributed by atoms with van der Waals surface area (Å²) in [6.45, 7) is -0.241. The largest absolute Gasteiger partial charge is 0.461 e. The first-order valence-electron chi connectivity index (χ1n) is 8.78. The molecular formula is C21H21BrFNO5. The van der Waals surface area contributed by atoms with E-state index in [9.17, 15) is 14.0 Å². The zero-order chi connectivity index (χ0) is 21.1. The van der Waals surface area contributed by atoms with Crippen molar-refractivity contribution in [3.05, 3.63) is 71.8 Å². The van der Waals surface area contributed by atoms with Gasteiger partial charge in [-0.15, -0.1) is 0 Å². The molecular weight excluding hydrogens is 445 g/mol. The molecule has 0 fully saturated rings. The highest BCUT2D eigenvalue weighted by molar-refractivity contribution is 9.09. The van der Waals surface area contributed by atoms with E-state index in [1.807, 2.05) is 0 Å². The molecule has 2 rings (SSSR count). The van der Waals surface area contributed by atoms with E-state index in [1.165, 1.54) is 7.11 Å². The van der Waals surface area contributed by atoms with Gasteiger partial charge >= 0.3 is 11.9 Å². The standard InChI is InChI=1S/C21H21BrFNO5/c1-27-14-24-12-18(23)19(29-21(26)16-10-6-3-7-11-16)17(22)13-28-20(25)15-8-4-2-5-9-15/h2-12,17-19H,13-14H2,1H3/b24-12-/t17-,18+,19+/m0/s1. The van der Waals surface area contributed by atoms with Crippen LogP contribution in [0.15, 0.2) is 65.7 Å². The average Bonchev–Trinajstić information content (AvgIpc) is 2.76. The normalized spacial score (nSPS) is 14.2. The van der Waals surface area contributed by atoms with Gasteiger partial charge in [0.15, 0.2) is 12.3 Å². The third kappa shape index (κ3) is 7.40. The Bertz CT molecular complexity index is 803. The molecule has 154 valence electrons. The lowest BCUT2D eigenvalue weighted by molar-refractivity contribution is 0.00880. The van der Waals surface area contributed by atoms with E-state index in [0.717, 1.165) is 6.21 Å². The van der Waals surface area contributed by atoms with Crippen LogP contribution in [0.25, 0.3) is 0 Å². The summed E-state index contributed by atoms with van der Waals surface area (Å²) < 4.78 is 30.0. The predicted octanol–water partition coefficient (Wildman–Crippen LogP) is 3.85. The molecule has 0 heterocycles. The summed E-state index contributed by atoms with van der Waals surface area (Å²) in [4.78, 5) is 27.5. The molecule has 0 aliphatic heterocycles. The Balaban J connectivity index is 2.06. The van der Waals surface area contributed by atoms with E-state index in [4.69, 9.17) is 14.2 Å². The lowest BCUT2D eigenvalue weighted by Gasteiger charge is -2.24. The molecule has 0 radical (unpaired) electrons. The van der Waals surface area contributed by atoms with Crippen molar-refractivity contribution in [2.24, 2.45) is 4.99 Å². The number of aliphatic imine (C=N–C) groups is 1. The minimum absolute atomic E-state index is 0.0320. The number of benzene rings is 2. The molecule has 0 amide bonds. The predicted molar refractivity (Wildman–Crippen MR) is 110 cm³/mol. The monoisotopic (exact) mass is 465 g/mol. The SMILES string of the molecule is COC/N=C\[C@@H](F)[C@H](OC(=O)c1ccccc1)[C@@H](Br)COC(=O)c1ccccc1. The maximum Gasteiger partial charge on any atom is 0.338 e. The van der Waals surface area contributed by atoms with E-state index in [1.54, 1.807) is 60.7 Å². The van der Waals surface area contributed by atoms with Gasteiger partial charge in [0.05, 0.1) is 16.0 Å². The van der Waals surface area contributed by atoms with Gasteiger partial charge in [-0.05, 0) is 24.3 Å². The van der Waals surface area contributed by atoms with Crippen LogP contribution in [0, 0.1) is 0 Å². The van der Waals surface area contributed by atoms with Gasteiger partial charge in [-0.1, -0.05) is 52.3 Å². The number of hydrogen-bond acceptors (Lipinski definition) is 6. The Morgan fingerprint density at radius 3 is 2.14 bits per heavy atom. The fraction of sp³-hybridized carbons (Fsp3) is 0.286. The number of carbonyl (C=O) groups excluding carboxylic acids is 2. The summed E-state index contributed by atoms with van der Waals surface area (Å²) in [5.41, 5.74) is 0.642. The summed E-state index contributed by atoms with van der Waals surface area (Å²) in [6, 6.07) is 16.6. The van der Waals surface area contributed by atoms with E-state index in [-0.39, 0.29) is 18.9 Å². The second-order valence-electron chi connectivity index (χ2n) is 5.91. The number of halogens is 2. The molecule has 0 unspecified atom stereocenters. The summed E-state index contributed by atoms with van der Waals surface area (Å²) in [6.07, 6.45) is -2.01. The Labute approximate surface area is 176 Å². The van der Waals surface area contributed by atoms with Crippen molar-refractivity contribution in [3.8, 4) is 0 Å². The average molecular weight is 466 g/mol. The minimum atomic E-state index is -1.74. The summed E-state index contributed by atoms with van der Waals surface area (Å²) in [5, 5.41) is 0. The smallest absolute Gasteiger partial charge is 0.338 e. The van der Waals surface area contributed by atoms with E-state index in [0.29, 0.717) is 5.56 Å². The topological polar surface area (TPSA) is 74.2 Å². The van der Waals surface area contributed by atoms with Crippen LogP contribution in [0.3, 0.4) is 0 Å². The first-order chi connectivity index (χ1) is 14.0. The molecule has 0 saturated heterocycles. The molecule has 0 saturated carbocycles. The molecule has 29 heavy (non-hydrogen) atoms. The number of rotatable bonds is 10. The minimum Gasteiger partial charge on any atom is -0.461 e. The number of methoxy groups -OCH3 is 1. The lowest BCUT2D eigenvalue weighted by atomic mass is 10.1. The highest BCUT2D eigenvalue weighted by Crippen LogP contribution is 2.19. The fourth-order valence-electron chi connectivity index (χ4n) is 2.31. The molecule has 3 atom stereocenters. The van der Waals surface area contributed by atoms with Gasteiger partial charge in [0, 0.05) is 13.3 Å². The molecule has 0 spiro atoms. The highest BCUT2D eigenvalue weighted by Gasteiger charge is 2.32. The van der Waals surface area contributed by atoms with Crippen LogP contribution in [0.2, 0.25) is 0 Å². The maximum absolute atomic E-state index is 14.7. The lowest BCUT2D eigenvalue weighted by Crippen LogP contribution is -2.39. The number of carbonyl (C=O) groups is 2. The Morgan fingerprint density at radius 1 is 1.03 bits per heavy atom. The van der Waals surface area contributed by atoms with Crippen LogP contribution < -0.4 is 0 Å². The van der Waals surface area contributed by atoms with Crippen molar-refractivity contribution < 1.29 is 28.2 Å². The molecule has 0 bridgehead atoms. The van der Waals surface area contributed by atoms with Gasteiger partial charge < -0.3 is 14.2 Å². The van der Waals surface area contributed by atoms with Crippen LogP contribution in [0.4, 0.5) is 4.39 Å². The zero-order valence-corrected chi connectivity index (χ0v) is 17.3. The highest BCUT2D eigenvalue weighted by atomic mass is 79.9. The maximum atomic E-state index is 14.7. The van der Waals surface area contributed by atoms with Crippen LogP contribution in [-0.2, 0) is 14.2 Å². The Kier molecular flexibility index (Phi) is 9.46. The van der Waals surface area contributed by atoms with Crippen molar-refractivity contribution in [1.82, 2.24) is 0 Å². The molecule has 0 aliphatic carbocycles. The van der Waals surface area contributed by atoms with Crippen LogP contribution in [0.5, 0.6) is 0 Å². The fourth-order valence-corrected chi connectivity index (χ4v) is 2.85. The molecule has 0 N–H and O–H groups in total. The number of esters is 2. The van der Waals surface area contributed by atoms with E-state index < -0.39 is 29.0 Å². The second-order valence-corrected chi connectivity index (χ2v) is 7.09. The van der Waals surface area contributed by atoms with Gasteiger partial charge in [-0.25, -0.2) is 14.0 Å². The van der Waals surface area contributed by atoms with Crippen molar-refractivity contribution in [2.75, 3.05) is 20.4 Å². The van der Waals surface area contributed by atoms with E-state index >= 15 is 0 Å². The quantitative estimate of drug-likeness (QED) is 0.302. The molecule has 8 heteroatoms. The number of alkyl halides is 2. The third-order valence-electron chi connectivity index (χ3n) is 3.76. The first-order valence-corrected chi connectivity index (χ1v) is 9.69. The van der Waals surface area contributed by atoms with Crippen molar-refractivity contribution >= 4 is 34.1 Å². The third-order valence-corrected chi connectivity index (χ3v) is 4.54. The number of ether oxygens (including phenoxy) is 3. The summed E-state index contributed by atoms with van der Waals surface area (Å²) in [5.74, 6) is -1.26. The zero-order valence-electron chi connectivity index (χ0n) is 15.7. The van der Waals surface area contributed by atoms with Gasteiger partial charge in [0.2, 0.25) is 0 Å². The number of hydrogen-bond donors (Lipinski definition) is 0. The van der Waals surface area contributed by atoms with Gasteiger partial charge in [0.1, 0.15) is 13.3 Å². The summed E-state index contributed by atoms with van der Waals surface area (Å²) >= 11 is 3.27.